The van der Waals surface area contributed by atoms with Crippen molar-refractivity contribution in [2.45, 2.75) is 239 Å². The van der Waals surface area contributed by atoms with Crippen molar-refractivity contribution in [3.8, 4) is 0 Å². The summed E-state index contributed by atoms with van der Waals surface area (Å²) in [7, 11) is 0. The number of hydrogen-bond donors (Lipinski definition) is 0. The van der Waals surface area contributed by atoms with Gasteiger partial charge >= 0.3 is 17.9 Å². The Kier molecular flexibility index (Phi) is 52.0. The summed E-state index contributed by atoms with van der Waals surface area (Å²) in [5.41, 5.74) is 0. The van der Waals surface area contributed by atoms with Crippen LogP contribution in [-0.2, 0) is 28.6 Å². The highest BCUT2D eigenvalue weighted by Crippen LogP contribution is 2.14. The molecule has 1 unspecified atom stereocenters. The first-order valence-electron chi connectivity index (χ1n) is 27.5. The zero-order chi connectivity index (χ0) is 49.3. The van der Waals surface area contributed by atoms with E-state index >= 15 is 0 Å². The van der Waals surface area contributed by atoms with Crippen molar-refractivity contribution in [1.29, 1.82) is 0 Å². The number of unbranched alkanes of at least 4 members (excludes halogenated alkanes) is 17. The minimum atomic E-state index is -0.823. The summed E-state index contributed by atoms with van der Waals surface area (Å²) in [5, 5.41) is 0. The maximum Gasteiger partial charge on any atom is 0.306 e. The van der Waals surface area contributed by atoms with Gasteiger partial charge in [0.25, 0.3) is 0 Å². The number of carbonyl (C=O) groups is 3. The Bertz CT molecular complexity index is 1450. The van der Waals surface area contributed by atoms with Crippen LogP contribution in [0.15, 0.2) is 122 Å². The van der Waals surface area contributed by atoms with E-state index in [2.05, 4.69) is 142 Å². The van der Waals surface area contributed by atoms with E-state index in [0.29, 0.717) is 19.3 Å². The number of rotatable bonds is 48. The molecule has 0 aromatic heterocycles. The van der Waals surface area contributed by atoms with E-state index in [4.69, 9.17) is 14.2 Å². The second kappa shape index (κ2) is 55.4. The van der Waals surface area contributed by atoms with Gasteiger partial charge in [0.05, 0.1) is 0 Å². The molecule has 0 aliphatic heterocycles. The third-order valence-electron chi connectivity index (χ3n) is 11.2. The number of carbonyl (C=O) groups excluding carboxylic acids is 3. The highest BCUT2D eigenvalue weighted by molar-refractivity contribution is 5.71. The molecule has 384 valence electrons. The van der Waals surface area contributed by atoms with Gasteiger partial charge in [0.1, 0.15) is 13.2 Å². The largest absolute Gasteiger partial charge is 0.462 e. The van der Waals surface area contributed by atoms with Crippen molar-refractivity contribution in [3.05, 3.63) is 122 Å². The van der Waals surface area contributed by atoms with Gasteiger partial charge in [-0.05, 0) is 103 Å². The average Bonchev–Trinajstić information content (AvgIpc) is 3.34. The van der Waals surface area contributed by atoms with E-state index in [-0.39, 0.29) is 37.5 Å². The lowest BCUT2D eigenvalue weighted by Crippen LogP contribution is -2.30. The minimum absolute atomic E-state index is 0.113. The van der Waals surface area contributed by atoms with Crippen LogP contribution in [-0.4, -0.2) is 37.2 Å². The molecule has 0 N–H and O–H groups in total. The van der Waals surface area contributed by atoms with Crippen molar-refractivity contribution in [2.24, 2.45) is 0 Å². The molecule has 0 bridgehead atoms. The van der Waals surface area contributed by atoms with Gasteiger partial charge in [-0.3, -0.25) is 14.4 Å². The summed E-state index contributed by atoms with van der Waals surface area (Å²) < 4.78 is 16.8. The quantitative estimate of drug-likeness (QED) is 0.0262. The molecule has 68 heavy (non-hydrogen) atoms. The van der Waals surface area contributed by atoms with Gasteiger partial charge in [-0.15, -0.1) is 0 Å². The lowest BCUT2D eigenvalue weighted by molar-refractivity contribution is -0.167. The van der Waals surface area contributed by atoms with Crippen LogP contribution in [0.3, 0.4) is 0 Å². The highest BCUT2D eigenvalue weighted by Gasteiger charge is 2.19. The molecule has 0 rings (SSSR count). The number of allylic oxidation sites excluding steroid dienone is 20. The van der Waals surface area contributed by atoms with Gasteiger partial charge < -0.3 is 14.2 Å². The molecule has 0 aromatic carbocycles. The fraction of sp³-hybridized carbons (Fsp3) is 0.629. The molecule has 0 aliphatic carbocycles. The normalized spacial score (nSPS) is 13.0. The first-order valence-corrected chi connectivity index (χ1v) is 27.5. The summed E-state index contributed by atoms with van der Waals surface area (Å²) in [6, 6.07) is 0. The molecule has 0 aromatic rings. The molecule has 0 heterocycles. The molecule has 1 atom stereocenters. The summed E-state index contributed by atoms with van der Waals surface area (Å²) in [6.45, 7) is 6.33. The minimum Gasteiger partial charge on any atom is -0.462 e. The van der Waals surface area contributed by atoms with Gasteiger partial charge in [-0.2, -0.15) is 0 Å². The molecule has 0 spiro atoms. The predicted octanol–water partition coefficient (Wildman–Crippen LogP) is 18.5. The molecular formula is C62H100O6. The fourth-order valence-corrected chi connectivity index (χ4v) is 7.15. The Labute approximate surface area is 418 Å². The van der Waals surface area contributed by atoms with E-state index in [0.717, 1.165) is 116 Å². The third-order valence-corrected chi connectivity index (χ3v) is 11.2. The zero-order valence-electron chi connectivity index (χ0n) is 43.8. The van der Waals surface area contributed by atoms with Crippen LogP contribution >= 0.6 is 0 Å². The first-order chi connectivity index (χ1) is 33.5. The molecule has 0 radical (unpaired) electrons. The van der Waals surface area contributed by atoms with Crippen LogP contribution in [0.2, 0.25) is 0 Å². The van der Waals surface area contributed by atoms with Crippen LogP contribution in [0.25, 0.3) is 0 Å². The van der Waals surface area contributed by atoms with E-state index in [1.54, 1.807) is 0 Å². The first kappa shape index (κ1) is 63.8. The topological polar surface area (TPSA) is 78.9 Å². The Morgan fingerprint density at radius 2 is 0.588 bits per heavy atom. The van der Waals surface area contributed by atoms with Crippen molar-refractivity contribution in [1.82, 2.24) is 0 Å². The molecule has 0 fully saturated rings. The standard InChI is InChI=1S/C62H100O6/c1-4-7-10-13-16-19-22-25-28-30-31-33-34-37-40-43-46-49-52-55-61(64)67-58-59(57-66-60(63)54-51-48-45-42-39-36-27-24-21-18-15-12-9-6-3)68-62(65)56-53-50-47-44-41-38-35-32-29-26-23-20-17-14-11-8-5-2/h7-8,10-11,16-17,19-20,25-26,28-29,31,33,35,37-38,40,44,47,59H,4-6,9,12-15,18,21-24,27,30,32,34,36,39,41-43,45-46,48-58H2,1-3H3/b10-7-,11-8-,19-16-,20-17-,28-25-,29-26-,33-31-,38-35-,40-37-,47-44-. The Morgan fingerprint density at radius 1 is 0.309 bits per heavy atom. The van der Waals surface area contributed by atoms with Gasteiger partial charge in [0.15, 0.2) is 6.10 Å². The van der Waals surface area contributed by atoms with Crippen molar-refractivity contribution < 1.29 is 28.6 Å². The Morgan fingerprint density at radius 3 is 0.941 bits per heavy atom. The monoisotopic (exact) mass is 941 g/mol. The Hall–Kier alpha value is -4.19. The predicted molar refractivity (Wildman–Crippen MR) is 293 cm³/mol. The Balaban J connectivity index is 4.55. The van der Waals surface area contributed by atoms with Crippen LogP contribution in [0.4, 0.5) is 0 Å². The smallest absolute Gasteiger partial charge is 0.306 e. The fourth-order valence-electron chi connectivity index (χ4n) is 7.15. The van der Waals surface area contributed by atoms with Crippen LogP contribution in [0, 0.1) is 0 Å². The van der Waals surface area contributed by atoms with E-state index < -0.39 is 6.10 Å². The van der Waals surface area contributed by atoms with E-state index in [9.17, 15) is 14.4 Å². The van der Waals surface area contributed by atoms with Crippen molar-refractivity contribution in [2.75, 3.05) is 13.2 Å². The van der Waals surface area contributed by atoms with E-state index in [1.807, 2.05) is 0 Å². The number of esters is 3. The average molecular weight is 941 g/mol. The number of hydrogen-bond acceptors (Lipinski definition) is 6. The van der Waals surface area contributed by atoms with Crippen LogP contribution < -0.4 is 0 Å². The van der Waals surface area contributed by atoms with Crippen molar-refractivity contribution in [3.63, 3.8) is 0 Å². The van der Waals surface area contributed by atoms with Crippen LogP contribution in [0.5, 0.6) is 0 Å². The van der Waals surface area contributed by atoms with Crippen molar-refractivity contribution >= 4 is 17.9 Å². The van der Waals surface area contributed by atoms with Gasteiger partial charge in [0, 0.05) is 19.3 Å². The summed E-state index contributed by atoms with van der Waals surface area (Å²) in [6.07, 6.45) is 76.2. The highest BCUT2D eigenvalue weighted by atomic mass is 16.6. The molecule has 0 saturated carbocycles. The molecule has 0 amide bonds. The third kappa shape index (κ3) is 52.8. The van der Waals surface area contributed by atoms with Gasteiger partial charge in [-0.25, -0.2) is 0 Å². The molecule has 0 aliphatic rings. The second-order valence-corrected chi connectivity index (χ2v) is 17.7. The number of ether oxygens (including phenoxy) is 3. The lowest BCUT2D eigenvalue weighted by atomic mass is 10.0. The molecular weight excluding hydrogens is 841 g/mol. The zero-order valence-corrected chi connectivity index (χ0v) is 43.8. The molecule has 6 heteroatoms. The maximum absolute atomic E-state index is 12.8. The maximum atomic E-state index is 12.8. The van der Waals surface area contributed by atoms with Crippen LogP contribution in [0.1, 0.15) is 233 Å². The van der Waals surface area contributed by atoms with Gasteiger partial charge in [0.2, 0.25) is 0 Å². The van der Waals surface area contributed by atoms with Gasteiger partial charge in [-0.1, -0.05) is 232 Å². The summed E-state index contributed by atoms with van der Waals surface area (Å²) in [5.74, 6) is -1.01. The SMILES string of the molecule is CC/C=C\C/C=C\C/C=C\C/C=C\C/C=C\CCCCCC(=O)OCC(COC(=O)CCCCCCCCCCCCCCCC)OC(=O)CCC/C=C\C/C=C\C/C=C\C/C=C\C/C=C\CC. The molecule has 0 saturated heterocycles. The summed E-state index contributed by atoms with van der Waals surface area (Å²) in [4.78, 5) is 38.1. The molecule has 6 nitrogen and oxygen atoms in total. The second-order valence-electron chi connectivity index (χ2n) is 17.7. The summed E-state index contributed by atoms with van der Waals surface area (Å²) >= 11 is 0. The van der Waals surface area contributed by atoms with E-state index in [1.165, 1.54) is 70.6 Å². The lowest BCUT2D eigenvalue weighted by Gasteiger charge is -2.18.